The van der Waals surface area contributed by atoms with Gasteiger partial charge in [-0.15, -0.1) is 0 Å². The number of hydrogen-bond donors (Lipinski definition) is 1. The van der Waals surface area contributed by atoms with Crippen molar-refractivity contribution in [3.8, 4) is 11.1 Å². The normalized spacial score (nSPS) is 19.6. The molecule has 1 saturated carbocycles. The Morgan fingerprint density at radius 2 is 1.61 bits per heavy atom. The van der Waals surface area contributed by atoms with Gasteiger partial charge >= 0.3 is 12.1 Å². The fourth-order valence-corrected chi connectivity index (χ4v) is 4.73. The summed E-state index contributed by atoms with van der Waals surface area (Å²) in [6.07, 6.45) is -1.73. The van der Waals surface area contributed by atoms with Crippen molar-refractivity contribution in [1.82, 2.24) is 4.73 Å². The van der Waals surface area contributed by atoms with Gasteiger partial charge in [0.05, 0.1) is 11.1 Å². The molecule has 1 heterocycles. The molecule has 1 fully saturated rings. The highest BCUT2D eigenvalue weighted by atomic mass is 19.4. The summed E-state index contributed by atoms with van der Waals surface area (Å²) in [7, 11) is 0. The van der Waals surface area contributed by atoms with E-state index in [-0.39, 0.29) is 28.1 Å². The molecular weight excluding hydrogens is 431 g/mol. The van der Waals surface area contributed by atoms with Crippen molar-refractivity contribution in [3.63, 3.8) is 0 Å². The van der Waals surface area contributed by atoms with Crippen molar-refractivity contribution in [1.29, 1.82) is 0 Å². The van der Waals surface area contributed by atoms with E-state index in [9.17, 15) is 23.2 Å². The first-order valence-electron chi connectivity index (χ1n) is 11.2. The number of benzene rings is 2. The van der Waals surface area contributed by atoms with Crippen LogP contribution in [0.15, 0.2) is 48.5 Å². The van der Waals surface area contributed by atoms with Crippen LogP contribution in [-0.4, -0.2) is 22.0 Å². The Morgan fingerprint density at radius 3 is 2.18 bits per heavy atom. The lowest BCUT2D eigenvalue weighted by Gasteiger charge is -2.36. The number of nitrogens with zero attached hydrogens (tertiary/aromatic N) is 1. The third kappa shape index (κ3) is 4.72. The summed E-state index contributed by atoms with van der Waals surface area (Å²) in [4.78, 5) is 12.8. The van der Waals surface area contributed by atoms with Crippen molar-refractivity contribution in [2.75, 3.05) is 0 Å². The summed E-state index contributed by atoms with van der Waals surface area (Å²) < 4.78 is 47.7. The van der Waals surface area contributed by atoms with Crippen LogP contribution in [0.5, 0.6) is 0 Å². The lowest BCUT2D eigenvalue weighted by molar-refractivity contribution is -0.136. The Hall–Kier alpha value is -2.96. The molecule has 0 amide bonds. The molecule has 33 heavy (non-hydrogen) atoms. The topological polar surface area (TPSA) is 51.5 Å². The highest BCUT2D eigenvalue weighted by molar-refractivity contribution is 5.98. The van der Waals surface area contributed by atoms with Crippen LogP contribution in [0.3, 0.4) is 0 Å². The summed E-state index contributed by atoms with van der Waals surface area (Å²) in [6, 6.07) is 12.2. The van der Waals surface area contributed by atoms with E-state index < -0.39 is 17.7 Å². The Labute approximate surface area is 190 Å². The molecule has 2 aromatic carbocycles. The number of halogens is 3. The molecule has 1 aromatic heterocycles. The molecule has 1 N–H and O–H groups in total. The molecule has 1 aliphatic rings. The average molecular weight is 460 g/mol. The summed E-state index contributed by atoms with van der Waals surface area (Å²) in [5, 5.41) is 10.4. The Balaban J connectivity index is 1.65. The molecule has 4 nitrogen and oxygen atoms in total. The summed E-state index contributed by atoms with van der Waals surface area (Å²) in [5.74, 6) is -0.287. The second-order valence-corrected chi connectivity index (χ2v) is 9.91. The van der Waals surface area contributed by atoms with E-state index in [4.69, 9.17) is 4.74 Å². The third-order valence-corrected chi connectivity index (χ3v) is 6.69. The minimum atomic E-state index is -4.66. The maximum atomic E-state index is 13.9. The second kappa shape index (κ2) is 8.43. The minimum absolute atomic E-state index is 0.0907. The predicted molar refractivity (Wildman–Crippen MR) is 120 cm³/mol. The van der Waals surface area contributed by atoms with Gasteiger partial charge in [-0.3, -0.25) is 0 Å². The first-order chi connectivity index (χ1) is 15.4. The van der Waals surface area contributed by atoms with E-state index in [1.165, 1.54) is 6.07 Å². The van der Waals surface area contributed by atoms with Gasteiger partial charge in [0, 0.05) is 5.39 Å². The zero-order valence-electron chi connectivity index (χ0n) is 18.9. The first-order valence-corrected chi connectivity index (χ1v) is 11.2. The molecule has 0 spiro atoms. The zero-order chi connectivity index (χ0) is 24.0. The largest absolute Gasteiger partial charge is 0.458 e. The van der Waals surface area contributed by atoms with Crippen LogP contribution in [0.4, 0.5) is 13.2 Å². The molecule has 176 valence electrons. The van der Waals surface area contributed by atoms with E-state index >= 15 is 0 Å². The third-order valence-electron chi connectivity index (χ3n) is 6.69. The van der Waals surface area contributed by atoms with Gasteiger partial charge < -0.3 is 9.94 Å². The number of hydrogen-bond acceptors (Lipinski definition) is 3. The van der Waals surface area contributed by atoms with E-state index in [1.54, 1.807) is 30.3 Å². The van der Waals surface area contributed by atoms with Crippen LogP contribution in [0.1, 0.15) is 62.5 Å². The maximum absolute atomic E-state index is 13.9. The molecule has 4 rings (SSSR count). The summed E-state index contributed by atoms with van der Waals surface area (Å²) in [5.41, 5.74) is -0.260. The van der Waals surface area contributed by atoms with Crippen molar-refractivity contribution in [2.24, 2.45) is 11.3 Å². The van der Waals surface area contributed by atoms with E-state index in [0.29, 0.717) is 34.6 Å². The first kappa shape index (κ1) is 23.2. The molecule has 0 radical (unpaired) electrons. The highest BCUT2D eigenvalue weighted by Crippen LogP contribution is 2.40. The lowest BCUT2D eigenvalue weighted by Crippen LogP contribution is -2.30. The van der Waals surface area contributed by atoms with Crippen LogP contribution in [0, 0.1) is 11.3 Å². The van der Waals surface area contributed by atoms with Gasteiger partial charge in [0.2, 0.25) is 0 Å². The maximum Gasteiger partial charge on any atom is 0.417 e. The summed E-state index contributed by atoms with van der Waals surface area (Å²) >= 11 is 0. The van der Waals surface area contributed by atoms with E-state index in [2.05, 4.69) is 20.8 Å². The van der Waals surface area contributed by atoms with Crippen LogP contribution in [0.2, 0.25) is 0 Å². The monoisotopic (exact) mass is 459 g/mol. The fourth-order valence-electron chi connectivity index (χ4n) is 4.73. The fraction of sp³-hybridized carbons (Fsp3) is 0.423. The van der Waals surface area contributed by atoms with E-state index in [0.717, 1.165) is 25.0 Å². The number of rotatable bonds is 3. The van der Waals surface area contributed by atoms with Crippen LogP contribution in [0.25, 0.3) is 22.0 Å². The number of fused-ring (bicyclic) bond motifs is 1. The number of alkyl halides is 3. The number of carbonyl (C=O) groups excluding carboxylic acids is 1. The highest BCUT2D eigenvalue weighted by Gasteiger charge is 2.36. The van der Waals surface area contributed by atoms with Crippen molar-refractivity contribution in [3.05, 3.63) is 59.8 Å². The molecule has 3 aromatic rings. The Kier molecular flexibility index (Phi) is 5.93. The van der Waals surface area contributed by atoms with Gasteiger partial charge in [-0.1, -0.05) is 51.1 Å². The SMILES string of the molecule is CC(C)(C)C1CCC(OC(=O)c2cc3c(C(F)(F)F)cc(-c4ccccc4)cc3n2O)CC1. The van der Waals surface area contributed by atoms with Crippen molar-refractivity contribution < 1.29 is 27.9 Å². The molecule has 0 aliphatic heterocycles. The van der Waals surface area contributed by atoms with Gasteiger partial charge in [-0.25, -0.2) is 4.79 Å². The zero-order valence-corrected chi connectivity index (χ0v) is 18.9. The summed E-state index contributed by atoms with van der Waals surface area (Å²) in [6.45, 7) is 6.57. The van der Waals surface area contributed by atoms with Crippen LogP contribution >= 0.6 is 0 Å². The predicted octanol–water partition coefficient (Wildman–Crippen LogP) is 7.33. The lowest BCUT2D eigenvalue weighted by atomic mass is 9.72. The van der Waals surface area contributed by atoms with Gasteiger partial charge in [0.15, 0.2) is 5.69 Å². The van der Waals surface area contributed by atoms with Gasteiger partial charge in [-0.2, -0.15) is 17.9 Å². The molecule has 0 unspecified atom stereocenters. The molecule has 7 heteroatoms. The van der Waals surface area contributed by atoms with Crippen molar-refractivity contribution >= 4 is 16.9 Å². The number of esters is 1. The molecule has 0 atom stereocenters. The average Bonchev–Trinajstić information content (AvgIpc) is 3.09. The minimum Gasteiger partial charge on any atom is -0.458 e. The van der Waals surface area contributed by atoms with Gasteiger partial charge in [0.25, 0.3) is 0 Å². The molecule has 0 saturated heterocycles. The van der Waals surface area contributed by atoms with Gasteiger partial charge in [0.1, 0.15) is 6.10 Å². The smallest absolute Gasteiger partial charge is 0.417 e. The quantitative estimate of drug-likeness (QED) is 0.330. The van der Waals surface area contributed by atoms with Crippen molar-refractivity contribution in [2.45, 2.75) is 58.7 Å². The molecular formula is C26H28F3NO3. The molecule has 1 aliphatic carbocycles. The number of carbonyl (C=O) groups is 1. The second-order valence-electron chi connectivity index (χ2n) is 9.91. The number of aromatic nitrogens is 1. The molecule has 0 bridgehead atoms. The Morgan fingerprint density at radius 1 is 0.970 bits per heavy atom. The van der Waals surface area contributed by atoms with Gasteiger partial charge in [-0.05, 0) is 66.3 Å². The van der Waals surface area contributed by atoms with Crippen LogP contribution < -0.4 is 0 Å². The van der Waals surface area contributed by atoms with Crippen LogP contribution in [-0.2, 0) is 10.9 Å². The number of ether oxygens (including phenoxy) is 1. The van der Waals surface area contributed by atoms with E-state index in [1.807, 2.05) is 0 Å². The standard InChI is InChI=1S/C26H28F3NO3/c1-25(2,3)18-9-11-19(12-10-18)33-24(31)23-15-20-21(26(27,28)29)13-17(14-22(20)30(23)32)16-7-5-4-6-8-16/h4-8,13-15,18-19,32H,9-12H2,1-3H3. The Bertz CT molecular complexity index is 1150.